The van der Waals surface area contributed by atoms with E-state index in [9.17, 15) is 18.0 Å². The van der Waals surface area contributed by atoms with Crippen molar-refractivity contribution in [3.05, 3.63) is 51.6 Å². The molecular formula is C15H14F3N3O2. The molecule has 1 aliphatic carbocycles. The van der Waals surface area contributed by atoms with E-state index in [-0.39, 0.29) is 12.5 Å². The molecule has 8 heteroatoms. The Morgan fingerprint density at radius 3 is 2.61 bits per heavy atom. The number of alkyl halides is 3. The first-order valence-electron chi connectivity index (χ1n) is 7.06. The van der Waals surface area contributed by atoms with Gasteiger partial charge >= 0.3 is 6.18 Å². The van der Waals surface area contributed by atoms with Crippen molar-refractivity contribution in [1.29, 1.82) is 0 Å². The van der Waals surface area contributed by atoms with Crippen LogP contribution >= 0.6 is 0 Å². The molecule has 1 aliphatic rings. The lowest BCUT2D eigenvalue weighted by Crippen LogP contribution is -2.31. The summed E-state index contributed by atoms with van der Waals surface area (Å²) in [5.74, 6) is 0.397. The molecule has 23 heavy (non-hydrogen) atoms. The fourth-order valence-electron chi connectivity index (χ4n) is 2.25. The molecule has 0 N–H and O–H groups in total. The molecule has 0 spiro atoms. The summed E-state index contributed by atoms with van der Waals surface area (Å²) in [7, 11) is 1.46. The average molecular weight is 325 g/mol. The maximum Gasteiger partial charge on any atom is 0.421 e. The van der Waals surface area contributed by atoms with Crippen LogP contribution in [0.1, 0.15) is 35.6 Å². The Balaban J connectivity index is 1.99. The molecule has 0 atom stereocenters. The van der Waals surface area contributed by atoms with Crippen molar-refractivity contribution in [3.63, 3.8) is 0 Å². The fraction of sp³-hybridized carbons (Fsp3) is 0.400. The zero-order chi connectivity index (χ0) is 16.6. The lowest BCUT2D eigenvalue weighted by atomic mass is 10.2. The van der Waals surface area contributed by atoms with Gasteiger partial charge in [-0.2, -0.15) is 18.3 Å². The number of halogens is 3. The number of aromatic nitrogens is 3. The standard InChI is InChI=1S/C15H14F3N3O2/c1-23-13-5-2-9(7-19-13)8-21-14(22)11(15(16,17)18)6-12(20-21)10-3-4-10/h2,5-7,10H,3-4,8H2,1H3. The van der Waals surface area contributed by atoms with Crippen LogP contribution in [0.5, 0.6) is 5.88 Å². The normalized spacial score (nSPS) is 14.8. The largest absolute Gasteiger partial charge is 0.481 e. The Labute approximate surface area is 129 Å². The van der Waals surface area contributed by atoms with Crippen LogP contribution in [-0.2, 0) is 12.7 Å². The van der Waals surface area contributed by atoms with Crippen LogP contribution < -0.4 is 10.3 Å². The fourth-order valence-corrected chi connectivity index (χ4v) is 2.25. The molecule has 2 aromatic heterocycles. The zero-order valence-electron chi connectivity index (χ0n) is 12.3. The quantitative estimate of drug-likeness (QED) is 0.867. The number of methoxy groups -OCH3 is 1. The minimum absolute atomic E-state index is 0.0111. The summed E-state index contributed by atoms with van der Waals surface area (Å²) >= 11 is 0. The first-order chi connectivity index (χ1) is 10.9. The van der Waals surface area contributed by atoms with Crippen molar-refractivity contribution in [1.82, 2.24) is 14.8 Å². The number of nitrogens with zero attached hydrogens (tertiary/aromatic N) is 3. The molecule has 2 aromatic rings. The van der Waals surface area contributed by atoms with Gasteiger partial charge < -0.3 is 4.74 Å². The summed E-state index contributed by atoms with van der Waals surface area (Å²) < 4.78 is 45.0. The summed E-state index contributed by atoms with van der Waals surface area (Å²) in [5.41, 5.74) is -1.42. The summed E-state index contributed by atoms with van der Waals surface area (Å²) in [5, 5.41) is 4.09. The van der Waals surface area contributed by atoms with Crippen LogP contribution in [0.15, 0.2) is 29.2 Å². The summed E-state index contributed by atoms with van der Waals surface area (Å²) in [6, 6.07) is 4.09. The molecular weight excluding hydrogens is 311 g/mol. The van der Waals surface area contributed by atoms with Crippen LogP contribution in [0.3, 0.4) is 0 Å². The maximum absolute atomic E-state index is 13.1. The highest BCUT2D eigenvalue weighted by molar-refractivity contribution is 5.23. The molecule has 0 radical (unpaired) electrons. The minimum Gasteiger partial charge on any atom is -0.481 e. The van der Waals surface area contributed by atoms with E-state index >= 15 is 0 Å². The van der Waals surface area contributed by atoms with E-state index < -0.39 is 17.3 Å². The second-order valence-electron chi connectivity index (χ2n) is 5.43. The highest BCUT2D eigenvalue weighted by atomic mass is 19.4. The van der Waals surface area contributed by atoms with Gasteiger partial charge in [-0.05, 0) is 24.5 Å². The van der Waals surface area contributed by atoms with Crippen molar-refractivity contribution in [3.8, 4) is 5.88 Å². The predicted octanol–water partition coefficient (Wildman–Crippen LogP) is 2.59. The van der Waals surface area contributed by atoms with Gasteiger partial charge in [0.15, 0.2) is 0 Å². The van der Waals surface area contributed by atoms with Gasteiger partial charge in [0, 0.05) is 18.2 Å². The number of pyridine rings is 1. The summed E-state index contributed by atoms with van der Waals surface area (Å²) in [6.07, 6.45) is -1.65. The van der Waals surface area contributed by atoms with E-state index in [0.29, 0.717) is 17.1 Å². The van der Waals surface area contributed by atoms with Gasteiger partial charge in [0.25, 0.3) is 5.56 Å². The van der Waals surface area contributed by atoms with Crippen molar-refractivity contribution in [2.24, 2.45) is 0 Å². The molecule has 0 amide bonds. The van der Waals surface area contributed by atoms with Gasteiger partial charge in [0.2, 0.25) is 5.88 Å². The Bertz CT molecular complexity index is 765. The third-order valence-corrected chi connectivity index (χ3v) is 3.63. The topological polar surface area (TPSA) is 57.0 Å². The smallest absolute Gasteiger partial charge is 0.421 e. The van der Waals surface area contributed by atoms with Crippen LogP contribution in [0.25, 0.3) is 0 Å². The molecule has 0 aliphatic heterocycles. The van der Waals surface area contributed by atoms with Gasteiger partial charge in [0.05, 0.1) is 19.3 Å². The van der Waals surface area contributed by atoms with Crippen LogP contribution in [0.4, 0.5) is 13.2 Å². The van der Waals surface area contributed by atoms with Gasteiger partial charge in [-0.3, -0.25) is 4.79 Å². The number of hydrogen-bond acceptors (Lipinski definition) is 4. The van der Waals surface area contributed by atoms with Gasteiger partial charge in [-0.15, -0.1) is 0 Å². The van der Waals surface area contributed by atoms with E-state index in [0.717, 1.165) is 23.6 Å². The van der Waals surface area contributed by atoms with E-state index in [2.05, 4.69) is 10.1 Å². The molecule has 0 aromatic carbocycles. The molecule has 122 valence electrons. The summed E-state index contributed by atoms with van der Waals surface area (Å²) in [4.78, 5) is 16.1. The van der Waals surface area contributed by atoms with Crippen molar-refractivity contribution in [2.75, 3.05) is 7.11 Å². The zero-order valence-corrected chi connectivity index (χ0v) is 12.3. The lowest BCUT2D eigenvalue weighted by Gasteiger charge is -2.12. The molecule has 0 unspecified atom stereocenters. The van der Waals surface area contributed by atoms with Crippen LogP contribution in [0, 0.1) is 0 Å². The van der Waals surface area contributed by atoms with Gasteiger partial charge in [-0.1, -0.05) is 6.07 Å². The molecule has 0 bridgehead atoms. The first-order valence-corrected chi connectivity index (χ1v) is 7.06. The Kier molecular flexibility index (Phi) is 3.83. The number of ether oxygens (including phenoxy) is 1. The maximum atomic E-state index is 13.1. The van der Waals surface area contributed by atoms with E-state index in [1.807, 2.05) is 0 Å². The Morgan fingerprint density at radius 1 is 1.35 bits per heavy atom. The Hall–Kier alpha value is -2.38. The molecule has 3 rings (SSSR count). The summed E-state index contributed by atoms with van der Waals surface area (Å²) in [6.45, 7) is -0.0700. The third-order valence-electron chi connectivity index (χ3n) is 3.63. The second kappa shape index (κ2) is 5.68. The average Bonchev–Trinajstić information content (AvgIpc) is 3.33. The minimum atomic E-state index is -4.69. The van der Waals surface area contributed by atoms with Crippen LogP contribution in [0.2, 0.25) is 0 Å². The molecule has 0 saturated heterocycles. The Morgan fingerprint density at radius 2 is 2.09 bits per heavy atom. The third kappa shape index (κ3) is 3.35. The number of hydrogen-bond donors (Lipinski definition) is 0. The van der Waals surface area contributed by atoms with Crippen LogP contribution in [-0.4, -0.2) is 21.9 Å². The van der Waals surface area contributed by atoms with E-state index in [1.54, 1.807) is 12.1 Å². The SMILES string of the molecule is COc1ccc(Cn2nc(C3CC3)cc(C(F)(F)F)c2=O)cn1. The van der Waals surface area contributed by atoms with Crippen molar-refractivity contribution in [2.45, 2.75) is 31.5 Å². The molecule has 1 saturated carbocycles. The highest BCUT2D eigenvalue weighted by Gasteiger charge is 2.37. The monoisotopic (exact) mass is 325 g/mol. The predicted molar refractivity (Wildman–Crippen MR) is 75.4 cm³/mol. The van der Waals surface area contributed by atoms with Gasteiger partial charge in [-0.25, -0.2) is 9.67 Å². The molecule has 5 nitrogen and oxygen atoms in total. The second-order valence-corrected chi connectivity index (χ2v) is 5.43. The van der Waals surface area contributed by atoms with Gasteiger partial charge in [0.1, 0.15) is 5.56 Å². The lowest BCUT2D eigenvalue weighted by molar-refractivity contribution is -0.139. The van der Waals surface area contributed by atoms with Crippen molar-refractivity contribution < 1.29 is 17.9 Å². The van der Waals surface area contributed by atoms with Crippen molar-refractivity contribution >= 4 is 0 Å². The van der Waals surface area contributed by atoms with E-state index in [1.165, 1.54) is 13.3 Å². The number of rotatable bonds is 4. The highest BCUT2D eigenvalue weighted by Crippen LogP contribution is 2.40. The molecule has 2 heterocycles. The first kappa shape index (κ1) is 15.5. The molecule has 1 fully saturated rings. The van der Waals surface area contributed by atoms with E-state index in [4.69, 9.17) is 4.74 Å².